The molecule has 7 rings (SSSR count). The maximum absolute atomic E-state index is 13.3. The molecule has 4 N–H and O–H groups in total. The lowest BCUT2D eigenvalue weighted by Crippen LogP contribution is -2.53. The summed E-state index contributed by atoms with van der Waals surface area (Å²) >= 11 is 0. The Morgan fingerprint density at radius 2 is 1.91 bits per heavy atom. The summed E-state index contributed by atoms with van der Waals surface area (Å²) in [5.41, 5.74) is 3.19. The number of aromatic amines is 2. The molecule has 5 heterocycles. The van der Waals surface area contributed by atoms with Crippen molar-refractivity contribution in [3.05, 3.63) is 58.4 Å². The summed E-state index contributed by atoms with van der Waals surface area (Å²) < 4.78 is 0. The van der Waals surface area contributed by atoms with Crippen molar-refractivity contribution in [3.8, 4) is 11.4 Å². The van der Waals surface area contributed by atoms with Crippen molar-refractivity contribution in [2.24, 2.45) is 5.92 Å². The van der Waals surface area contributed by atoms with Crippen LogP contribution in [-0.2, 0) is 0 Å². The minimum Gasteiger partial charge on any atom is -0.478 e. The van der Waals surface area contributed by atoms with Crippen molar-refractivity contribution in [2.75, 3.05) is 25.0 Å². The van der Waals surface area contributed by atoms with E-state index in [1.54, 1.807) is 12.1 Å². The first kappa shape index (κ1) is 19.1. The number of carboxylic acid groups (broad SMARTS) is 1. The Balaban J connectivity index is 1.58. The van der Waals surface area contributed by atoms with E-state index in [0.29, 0.717) is 33.9 Å². The van der Waals surface area contributed by atoms with Gasteiger partial charge in [0.2, 0.25) is 0 Å². The van der Waals surface area contributed by atoms with E-state index in [1.165, 1.54) is 6.07 Å². The molecule has 2 aromatic heterocycles. The van der Waals surface area contributed by atoms with Gasteiger partial charge in [-0.3, -0.25) is 4.79 Å². The first-order valence-corrected chi connectivity index (χ1v) is 10.9. The van der Waals surface area contributed by atoms with Gasteiger partial charge >= 0.3 is 5.97 Å². The molecule has 0 amide bonds. The van der Waals surface area contributed by atoms with E-state index in [0.717, 1.165) is 43.5 Å². The highest BCUT2D eigenvalue weighted by atomic mass is 16.4. The van der Waals surface area contributed by atoms with Crippen molar-refractivity contribution < 1.29 is 9.90 Å². The predicted octanol–water partition coefficient (Wildman–Crippen LogP) is 3.28. The van der Waals surface area contributed by atoms with Crippen LogP contribution in [0.25, 0.3) is 33.3 Å². The summed E-state index contributed by atoms with van der Waals surface area (Å²) in [6.07, 6.45) is 2.25. The third kappa shape index (κ3) is 3.06. The van der Waals surface area contributed by atoms with Crippen LogP contribution in [-0.4, -0.2) is 56.6 Å². The molecule has 3 aliphatic heterocycles. The highest BCUT2D eigenvalue weighted by Crippen LogP contribution is 2.36. The number of nitrogens with zero attached hydrogens (tertiary/aromatic N) is 2. The standard InChI is InChI=1S/C24H23N5O3/c30-23-20(22-26-17-3-1-2-4-18(17)27-22)21(25-19-12-29-9-7-13(19)8-10-29)15-11-14(24(31)32)5-6-16(15)28-23/h1-6,11,13,19H,7-10,12H2,(H,26,27)(H,31,32)(H2,25,28,30)/t19-/m1/s1. The summed E-state index contributed by atoms with van der Waals surface area (Å²) in [6, 6.07) is 12.6. The van der Waals surface area contributed by atoms with Gasteiger partial charge < -0.3 is 25.3 Å². The maximum Gasteiger partial charge on any atom is 0.335 e. The quantitative estimate of drug-likeness (QED) is 0.396. The summed E-state index contributed by atoms with van der Waals surface area (Å²) in [7, 11) is 0. The number of nitrogens with one attached hydrogen (secondary N) is 3. The molecule has 3 fully saturated rings. The maximum atomic E-state index is 13.3. The molecule has 2 bridgehead atoms. The van der Waals surface area contributed by atoms with E-state index in [1.807, 2.05) is 24.3 Å². The van der Waals surface area contributed by atoms with Gasteiger partial charge in [0.05, 0.1) is 27.8 Å². The number of hydrogen-bond acceptors (Lipinski definition) is 5. The fourth-order valence-corrected chi connectivity index (χ4v) is 5.19. The van der Waals surface area contributed by atoms with Crippen molar-refractivity contribution in [1.82, 2.24) is 19.9 Å². The van der Waals surface area contributed by atoms with Crippen LogP contribution in [0.15, 0.2) is 47.3 Å². The zero-order valence-electron chi connectivity index (χ0n) is 17.4. The van der Waals surface area contributed by atoms with Crippen LogP contribution < -0.4 is 10.9 Å². The number of carboxylic acids is 1. The van der Waals surface area contributed by atoms with Gasteiger partial charge in [0.25, 0.3) is 5.56 Å². The van der Waals surface area contributed by atoms with Gasteiger partial charge in [-0.2, -0.15) is 0 Å². The molecule has 2 aromatic carbocycles. The van der Waals surface area contributed by atoms with E-state index in [4.69, 9.17) is 0 Å². The monoisotopic (exact) mass is 429 g/mol. The number of para-hydroxylation sites is 2. The molecule has 162 valence electrons. The highest BCUT2D eigenvalue weighted by molar-refractivity contribution is 6.02. The molecule has 3 aliphatic rings. The first-order chi connectivity index (χ1) is 15.6. The molecule has 4 aromatic rings. The van der Waals surface area contributed by atoms with E-state index in [2.05, 4.69) is 25.2 Å². The number of hydrogen-bond donors (Lipinski definition) is 4. The zero-order chi connectivity index (χ0) is 21.8. The molecule has 0 unspecified atom stereocenters. The van der Waals surface area contributed by atoms with Crippen LogP contribution in [0, 0.1) is 5.92 Å². The second-order valence-corrected chi connectivity index (χ2v) is 8.76. The fourth-order valence-electron chi connectivity index (χ4n) is 5.19. The molecule has 32 heavy (non-hydrogen) atoms. The second-order valence-electron chi connectivity index (χ2n) is 8.76. The molecule has 0 radical (unpaired) electrons. The Kier molecular flexibility index (Phi) is 4.29. The zero-order valence-corrected chi connectivity index (χ0v) is 17.4. The molecule has 0 saturated carbocycles. The van der Waals surface area contributed by atoms with Crippen LogP contribution in [0.2, 0.25) is 0 Å². The Hall–Kier alpha value is -3.65. The molecule has 1 atom stereocenters. The van der Waals surface area contributed by atoms with E-state index in [-0.39, 0.29) is 17.2 Å². The number of anilines is 1. The lowest BCUT2D eigenvalue weighted by Gasteiger charge is -2.45. The van der Waals surface area contributed by atoms with Gasteiger partial charge in [-0.15, -0.1) is 0 Å². The number of pyridine rings is 1. The van der Waals surface area contributed by atoms with Gasteiger partial charge in [-0.05, 0) is 62.2 Å². The Bertz CT molecular complexity index is 1380. The molecule has 0 aliphatic carbocycles. The molecular weight excluding hydrogens is 406 g/mol. The number of piperidine rings is 3. The van der Waals surface area contributed by atoms with Gasteiger partial charge in [0.1, 0.15) is 11.4 Å². The topological polar surface area (TPSA) is 114 Å². The number of fused-ring (bicyclic) bond motifs is 5. The van der Waals surface area contributed by atoms with E-state index < -0.39 is 5.97 Å². The van der Waals surface area contributed by atoms with Gasteiger partial charge in [-0.1, -0.05) is 12.1 Å². The van der Waals surface area contributed by atoms with Gasteiger partial charge in [0, 0.05) is 18.0 Å². The van der Waals surface area contributed by atoms with Crippen molar-refractivity contribution in [2.45, 2.75) is 18.9 Å². The number of rotatable bonds is 4. The highest BCUT2D eigenvalue weighted by Gasteiger charge is 2.35. The van der Waals surface area contributed by atoms with Crippen LogP contribution in [0.1, 0.15) is 23.2 Å². The summed E-state index contributed by atoms with van der Waals surface area (Å²) in [5.74, 6) is -0.00320. The average molecular weight is 429 g/mol. The molecular formula is C24H23N5O3. The van der Waals surface area contributed by atoms with E-state index >= 15 is 0 Å². The third-order valence-electron chi connectivity index (χ3n) is 6.87. The number of imidazole rings is 1. The van der Waals surface area contributed by atoms with Crippen LogP contribution >= 0.6 is 0 Å². The average Bonchev–Trinajstić information content (AvgIpc) is 3.23. The fraction of sp³-hybridized carbons (Fsp3) is 0.292. The molecule has 8 heteroatoms. The number of aromatic carboxylic acids is 1. The minimum atomic E-state index is -1.00. The van der Waals surface area contributed by atoms with Crippen molar-refractivity contribution in [3.63, 3.8) is 0 Å². The summed E-state index contributed by atoms with van der Waals surface area (Å²) in [5, 5.41) is 13.9. The Morgan fingerprint density at radius 3 is 2.62 bits per heavy atom. The SMILES string of the molecule is O=C(O)c1ccc2[nH]c(=O)c(-c3nc4ccccc4[nH]3)c(N[C@@H]3CN4CCC3CC4)c2c1. The largest absolute Gasteiger partial charge is 0.478 e. The predicted molar refractivity (Wildman–Crippen MR) is 123 cm³/mol. The number of benzene rings is 2. The number of carbonyl (C=O) groups is 1. The lowest BCUT2D eigenvalue weighted by molar-refractivity contribution is 0.0697. The summed E-state index contributed by atoms with van der Waals surface area (Å²) in [6.45, 7) is 3.13. The van der Waals surface area contributed by atoms with Gasteiger partial charge in [0.15, 0.2) is 0 Å². The number of aromatic nitrogens is 3. The Morgan fingerprint density at radius 1 is 1.09 bits per heavy atom. The first-order valence-electron chi connectivity index (χ1n) is 10.9. The van der Waals surface area contributed by atoms with Crippen molar-refractivity contribution in [1.29, 1.82) is 0 Å². The summed E-state index contributed by atoms with van der Waals surface area (Å²) in [4.78, 5) is 38.2. The van der Waals surface area contributed by atoms with Crippen LogP contribution in [0.4, 0.5) is 5.69 Å². The lowest BCUT2D eigenvalue weighted by atomic mass is 9.83. The molecule has 3 saturated heterocycles. The third-order valence-corrected chi connectivity index (χ3v) is 6.87. The normalized spacial score (nSPS) is 22.4. The van der Waals surface area contributed by atoms with E-state index in [9.17, 15) is 14.7 Å². The minimum absolute atomic E-state index is 0.178. The van der Waals surface area contributed by atoms with Crippen molar-refractivity contribution >= 4 is 33.6 Å². The number of H-pyrrole nitrogens is 2. The molecule has 0 spiro atoms. The van der Waals surface area contributed by atoms with Crippen LogP contribution in [0.5, 0.6) is 0 Å². The van der Waals surface area contributed by atoms with Gasteiger partial charge in [-0.25, -0.2) is 9.78 Å². The van der Waals surface area contributed by atoms with Crippen LogP contribution in [0.3, 0.4) is 0 Å². The second kappa shape index (κ2) is 7.20. The molecule has 8 nitrogen and oxygen atoms in total. The Labute approximate surface area is 183 Å². The smallest absolute Gasteiger partial charge is 0.335 e.